The van der Waals surface area contributed by atoms with E-state index < -0.39 is 5.97 Å². The quantitative estimate of drug-likeness (QED) is 0.488. The van der Waals surface area contributed by atoms with Crippen LogP contribution in [0.2, 0.25) is 0 Å². The van der Waals surface area contributed by atoms with Gasteiger partial charge < -0.3 is 5.11 Å². The summed E-state index contributed by atoms with van der Waals surface area (Å²) < 4.78 is 0. The lowest BCUT2D eigenvalue weighted by Crippen LogP contribution is -2.52. The van der Waals surface area contributed by atoms with Crippen LogP contribution in [0, 0.1) is 40.4 Å². The standard InChI is InChI=1S/C24H40O2.C2H6/c1-23-15-6-5-8-17(23)10-12-19-20-13-11-18(7-3-4-9-22(25)26)24(20,2)16-14-21(19)23;1-2/h17-21H,3-16H2,1-2H3,(H,25,26);1-2H3. The van der Waals surface area contributed by atoms with Crippen molar-refractivity contribution in [3.8, 4) is 0 Å². The Morgan fingerprint density at radius 2 is 1.61 bits per heavy atom. The lowest BCUT2D eigenvalue weighted by Gasteiger charge is -2.60. The number of carbonyl (C=O) groups is 1. The van der Waals surface area contributed by atoms with Crippen molar-refractivity contribution in [1.82, 2.24) is 0 Å². The van der Waals surface area contributed by atoms with Crippen molar-refractivity contribution in [2.24, 2.45) is 40.4 Å². The Morgan fingerprint density at radius 3 is 2.36 bits per heavy atom. The van der Waals surface area contributed by atoms with Crippen LogP contribution in [0.25, 0.3) is 0 Å². The molecule has 2 nitrogen and oxygen atoms in total. The third-order valence-electron chi connectivity index (χ3n) is 9.97. The largest absolute Gasteiger partial charge is 0.481 e. The highest BCUT2D eigenvalue weighted by Gasteiger charge is 2.59. The Hall–Kier alpha value is -0.530. The lowest BCUT2D eigenvalue weighted by atomic mass is 9.45. The number of rotatable bonds is 5. The molecule has 0 heterocycles. The third-order valence-corrected chi connectivity index (χ3v) is 9.97. The van der Waals surface area contributed by atoms with Gasteiger partial charge in [0.05, 0.1) is 0 Å². The predicted molar refractivity (Wildman–Crippen MR) is 117 cm³/mol. The van der Waals surface area contributed by atoms with Crippen molar-refractivity contribution >= 4 is 5.97 Å². The molecule has 0 aromatic heterocycles. The van der Waals surface area contributed by atoms with E-state index in [4.69, 9.17) is 5.11 Å². The van der Waals surface area contributed by atoms with Crippen molar-refractivity contribution < 1.29 is 9.90 Å². The molecule has 0 aromatic carbocycles. The Bertz CT molecular complexity index is 529. The van der Waals surface area contributed by atoms with Crippen LogP contribution in [0.5, 0.6) is 0 Å². The minimum atomic E-state index is -0.626. The predicted octanol–water partition coefficient (Wildman–Crippen LogP) is 7.71. The van der Waals surface area contributed by atoms with E-state index >= 15 is 0 Å². The molecule has 162 valence electrons. The summed E-state index contributed by atoms with van der Waals surface area (Å²) in [5.41, 5.74) is 1.21. The molecule has 0 aromatic rings. The molecule has 4 aliphatic carbocycles. The summed E-state index contributed by atoms with van der Waals surface area (Å²) in [7, 11) is 0. The van der Waals surface area contributed by atoms with Crippen LogP contribution in [0.1, 0.15) is 118 Å². The summed E-state index contributed by atoms with van der Waals surface area (Å²) in [5.74, 6) is 4.22. The first kappa shape index (κ1) is 22.2. The maximum absolute atomic E-state index is 10.8. The van der Waals surface area contributed by atoms with Crippen LogP contribution in [0.3, 0.4) is 0 Å². The van der Waals surface area contributed by atoms with Gasteiger partial charge >= 0.3 is 5.97 Å². The van der Waals surface area contributed by atoms with Crippen molar-refractivity contribution in [2.75, 3.05) is 0 Å². The summed E-state index contributed by atoms with van der Waals surface area (Å²) in [4.78, 5) is 10.8. The van der Waals surface area contributed by atoms with Crippen LogP contribution in [0.15, 0.2) is 0 Å². The van der Waals surface area contributed by atoms with Gasteiger partial charge in [0.2, 0.25) is 0 Å². The summed E-state index contributed by atoms with van der Waals surface area (Å²) >= 11 is 0. The van der Waals surface area contributed by atoms with Crippen molar-refractivity contribution in [3.63, 3.8) is 0 Å². The number of hydrogen-bond acceptors (Lipinski definition) is 1. The van der Waals surface area contributed by atoms with Crippen LogP contribution < -0.4 is 0 Å². The van der Waals surface area contributed by atoms with Gasteiger partial charge in [-0.2, -0.15) is 0 Å². The zero-order valence-electron chi connectivity index (χ0n) is 19.1. The van der Waals surface area contributed by atoms with E-state index in [1.165, 1.54) is 70.6 Å². The van der Waals surface area contributed by atoms with Crippen molar-refractivity contribution in [1.29, 1.82) is 0 Å². The van der Waals surface area contributed by atoms with Crippen LogP contribution in [-0.2, 0) is 4.79 Å². The molecule has 7 atom stereocenters. The van der Waals surface area contributed by atoms with Gasteiger partial charge in [0.15, 0.2) is 0 Å². The fourth-order valence-electron chi connectivity index (χ4n) is 8.55. The molecule has 4 rings (SSSR count). The normalized spacial score (nSPS) is 44.5. The molecule has 0 radical (unpaired) electrons. The summed E-state index contributed by atoms with van der Waals surface area (Å²) in [5, 5.41) is 8.89. The highest BCUT2D eigenvalue weighted by Crippen LogP contribution is 2.67. The molecule has 0 amide bonds. The first-order valence-electron chi connectivity index (χ1n) is 12.7. The topological polar surface area (TPSA) is 37.3 Å². The van der Waals surface area contributed by atoms with Gasteiger partial charge in [0, 0.05) is 6.42 Å². The highest BCUT2D eigenvalue weighted by molar-refractivity contribution is 5.66. The lowest BCUT2D eigenvalue weighted by molar-refractivity contribution is -0.137. The second kappa shape index (κ2) is 9.09. The van der Waals surface area contributed by atoms with Gasteiger partial charge in [-0.1, -0.05) is 47.0 Å². The average molecular weight is 391 g/mol. The Morgan fingerprint density at radius 1 is 0.857 bits per heavy atom. The van der Waals surface area contributed by atoms with Crippen LogP contribution >= 0.6 is 0 Å². The molecular weight excluding hydrogens is 344 g/mol. The summed E-state index contributed by atoms with van der Waals surface area (Å²) in [6.45, 7) is 9.30. The minimum Gasteiger partial charge on any atom is -0.481 e. The number of aliphatic carboxylic acids is 1. The zero-order valence-corrected chi connectivity index (χ0v) is 19.1. The van der Waals surface area contributed by atoms with Crippen LogP contribution in [-0.4, -0.2) is 11.1 Å². The highest BCUT2D eigenvalue weighted by atomic mass is 16.4. The smallest absolute Gasteiger partial charge is 0.303 e. The van der Waals surface area contributed by atoms with Gasteiger partial charge in [-0.05, 0) is 105 Å². The Labute approximate surface area is 174 Å². The summed E-state index contributed by atoms with van der Waals surface area (Å²) in [6.07, 6.45) is 18.4. The molecule has 1 N–H and O–H groups in total. The number of unbranched alkanes of at least 4 members (excludes halogenated alkanes) is 1. The SMILES string of the molecule is CC.CC12CCCCC1CCC1C2CCC2(C)C(CCCCC(=O)O)CCC12. The number of fused-ring (bicyclic) bond motifs is 5. The zero-order chi connectivity index (χ0) is 20.4. The third kappa shape index (κ3) is 3.91. The molecule has 7 unspecified atom stereocenters. The van der Waals surface area contributed by atoms with Crippen LogP contribution in [0.4, 0.5) is 0 Å². The van der Waals surface area contributed by atoms with Crippen molar-refractivity contribution in [3.05, 3.63) is 0 Å². The van der Waals surface area contributed by atoms with E-state index in [-0.39, 0.29) is 0 Å². The number of carboxylic acid groups (broad SMARTS) is 1. The monoisotopic (exact) mass is 390 g/mol. The second-order valence-corrected chi connectivity index (χ2v) is 10.9. The Balaban J connectivity index is 0.00000109. The van der Waals surface area contributed by atoms with Gasteiger partial charge in [-0.15, -0.1) is 0 Å². The molecular formula is C26H46O2. The van der Waals surface area contributed by atoms with E-state index in [1.807, 2.05) is 13.8 Å². The number of carboxylic acids is 1. The molecule has 0 bridgehead atoms. The van der Waals surface area contributed by atoms with Gasteiger partial charge in [-0.3, -0.25) is 4.79 Å². The molecule has 4 fully saturated rings. The van der Waals surface area contributed by atoms with Crippen molar-refractivity contribution in [2.45, 2.75) is 118 Å². The fourth-order valence-corrected chi connectivity index (χ4v) is 8.55. The summed E-state index contributed by atoms with van der Waals surface area (Å²) in [6, 6.07) is 0. The van der Waals surface area contributed by atoms with Gasteiger partial charge in [0.1, 0.15) is 0 Å². The van der Waals surface area contributed by atoms with E-state index in [0.717, 1.165) is 42.4 Å². The molecule has 28 heavy (non-hydrogen) atoms. The van der Waals surface area contributed by atoms with Gasteiger partial charge in [0.25, 0.3) is 0 Å². The average Bonchev–Trinajstić information content (AvgIpc) is 3.02. The van der Waals surface area contributed by atoms with Gasteiger partial charge in [-0.25, -0.2) is 0 Å². The first-order chi connectivity index (χ1) is 13.4. The molecule has 0 saturated heterocycles. The molecule has 4 saturated carbocycles. The van der Waals surface area contributed by atoms with E-state index in [0.29, 0.717) is 17.3 Å². The molecule has 0 aliphatic heterocycles. The van der Waals surface area contributed by atoms with E-state index in [1.54, 1.807) is 0 Å². The molecule has 0 spiro atoms. The second-order valence-electron chi connectivity index (χ2n) is 10.9. The maximum Gasteiger partial charge on any atom is 0.303 e. The minimum absolute atomic E-state index is 0.358. The first-order valence-corrected chi connectivity index (χ1v) is 12.7. The van der Waals surface area contributed by atoms with E-state index in [9.17, 15) is 4.79 Å². The van der Waals surface area contributed by atoms with E-state index in [2.05, 4.69) is 13.8 Å². The molecule has 2 heteroatoms. The maximum atomic E-state index is 10.8. The Kier molecular flexibility index (Phi) is 7.19. The molecule has 4 aliphatic rings. The number of hydrogen-bond donors (Lipinski definition) is 1. The fraction of sp³-hybridized carbons (Fsp3) is 0.962.